The summed E-state index contributed by atoms with van der Waals surface area (Å²) in [5, 5.41) is 8.26. The Kier molecular flexibility index (Phi) is 8.02. The number of halogens is 3. The molecule has 3 aromatic rings. The summed E-state index contributed by atoms with van der Waals surface area (Å²) < 4.78 is 47.2. The lowest BCUT2D eigenvalue weighted by Crippen LogP contribution is -2.30. The molecule has 8 nitrogen and oxygen atoms in total. The fraction of sp³-hybridized carbons (Fsp3) is 0.500. The van der Waals surface area contributed by atoms with E-state index in [-0.39, 0.29) is 18.3 Å². The average Bonchev–Trinajstić information content (AvgIpc) is 3.30. The topological polar surface area (TPSA) is 112 Å². The highest BCUT2D eigenvalue weighted by molar-refractivity contribution is 6.04. The molecule has 39 heavy (non-hydrogen) atoms. The van der Waals surface area contributed by atoms with E-state index in [2.05, 4.69) is 24.1 Å². The van der Waals surface area contributed by atoms with Crippen molar-refractivity contribution in [3.05, 3.63) is 53.5 Å². The molecule has 0 radical (unpaired) electrons. The fourth-order valence-electron chi connectivity index (χ4n) is 5.15. The summed E-state index contributed by atoms with van der Waals surface area (Å²) in [5.74, 6) is -0.131. The number of nitrogens with two attached hydrogens (primary N) is 1. The minimum atomic E-state index is -4.69. The lowest BCUT2D eigenvalue weighted by atomic mass is 9.80. The van der Waals surface area contributed by atoms with Crippen molar-refractivity contribution < 1.29 is 27.5 Å². The Balaban J connectivity index is 1.69. The van der Waals surface area contributed by atoms with E-state index < -0.39 is 29.3 Å². The van der Waals surface area contributed by atoms with Gasteiger partial charge in [-0.25, -0.2) is 4.98 Å². The Bertz CT molecular complexity index is 1360. The van der Waals surface area contributed by atoms with Gasteiger partial charge in [-0.2, -0.15) is 18.3 Å². The van der Waals surface area contributed by atoms with Gasteiger partial charge in [-0.3, -0.25) is 14.3 Å². The SMILES string of the molecule is CC(C)[C@H]1CC[C@H](n2cc3cc(NC(=O)c4cccc(C(F)(F)F)n4)c(C(C)(C)OCC(N)=O)cc3n2)CC1. The van der Waals surface area contributed by atoms with E-state index in [1.165, 1.54) is 6.07 Å². The Morgan fingerprint density at radius 2 is 1.85 bits per heavy atom. The van der Waals surface area contributed by atoms with Gasteiger partial charge in [0, 0.05) is 22.8 Å². The summed E-state index contributed by atoms with van der Waals surface area (Å²) in [7, 11) is 0. The second-order valence-electron chi connectivity index (χ2n) is 11.0. The van der Waals surface area contributed by atoms with Gasteiger partial charge >= 0.3 is 6.18 Å². The number of carbonyl (C=O) groups excluding carboxylic acids is 2. The van der Waals surface area contributed by atoms with Crippen molar-refractivity contribution in [3.63, 3.8) is 0 Å². The summed E-state index contributed by atoms with van der Waals surface area (Å²) in [5.41, 5.74) is 4.11. The molecule has 210 valence electrons. The molecular formula is C28H34F3N5O3. The van der Waals surface area contributed by atoms with E-state index in [1.807, 2.05) is 10.9 Å². The van der Waals surface area contributed by atoms with E-state index in [1.54, 1.807) is 26.0 Å². The smallest absolute Gasteiger partial charge is 0.368 e. The van der Waals surface area contributed by atoms with E-state index >= 15 is 0 Å². The molecule has 2 amide bonds. The summed E-state index contributed by atoms with van der Waals surface area (Å²) >= 11 is 0. The van der Waals surface area contributed by atoms with Gasteiger partial charge in [0.1, 0.15) is 18.0 Å². The predicted molar refractivity (Wildman–Crippen MR) is 141 cm³/mol. The Hall–Kier alpha value is -3.47. The van der Waals surface area contributed by atoms with Gasteiger partial charge in [0.15, 0.2) is 0 Å². The highest BCUT2D eigenvalue weighted by atomic mass is 19.4. The number of carbonyl (C=O) groups is 2. The number of pyridine rings is 1. The van der Waals surface area contributed by atoms with Gasteiger partial charge in [0.2, 0.25) is 5.91 Å². The van der Waals surface area contributed by atoms with Crippen LogP contribution in [-0.2, 0) is 21.3 Å². The zero-order valence-corrected chi connectivity index (χ0v) is 22.5. The molecule has 0 spiro atoms. The molecule has 0 bridgehead atoms. The van der Waals surface area contributed by atoms with Crippen LogP contribution in [0.15, 0.2) is 36.5 Å². The average molecular weight is 546 g/mol. The van der Waals surface area contributed by atoms with Crippen molar-refractivity contribution >= 4 is 28.4 Å². The second-order valence-corrected chi connectivity index (χ2v) is 11.0. The van der Waals surface area contributed by atoms with E-state index in [4.69, 9.17) is 15.6 Å². The largest absolute Gasteiger partial charge is 0.433 e. The van der Waals surface area contributed by atoms with Gasteiger partial charge in [-0.1, -0.05) is 19.9 Å². The third-order valence-corrected chi connectivity index (χ3v) is 7.46. The van der Waals surface area contributed by atoms with Crippen LogP contribution in [0, 0.1) is 11.8 Å². The molecule has 2 aromatic heterocycles. The minimum Gasteiger partial charge on any atom is -0.368 e. The highest BCUT2D eigenvalue weighted by Crippen LogP contribution is 2.38. The van der Waals surface area contributed by atoms with Gasteiger partial charge in [0.05, 0.1) is 17.2 Å². The van der Waals surface area contributed by atoms with E-state index in [0.717, 1.165) is 43.2 Å². The molecule has 0 saturated heterocycles. The zero-order chi connectivity index (χ0) is 28.5. The first kappa shape index (κ1) is 28.5. The van der Waals surface area contributed by atoms with Crippen LogP contribution in [0.25, 0.3) is 10.9 Å². The number of amides is 2. The third-order valence-electron chi connectivity index (χ3n) is 7.46. The molecule has 0 atom stereocenters. The third kappa shape index (κ3) is 6.58. The number of fused-ring (bicyclic) bond motifs is 1. The quantitative estimate of drug-likeness (QED) is 0.370. The number of nitrogens with one attached hydrogen (secondary N) is 1. The van der Waals surface area contributed by atoms with Crippen molar-refractivity contribution in [2.24, 2.45) is 17.6 Å². The van der Waals surface area contributed by atoms with Crippen LogP contribution < -0.4 is 11.1 Å². The van der Waals surface area contributed by atoms with Gasteiger partial charge in [-0.15, -0.1) is 0 Å². The lowest BCUT2D eigenvalue weighted by Gasteiger charge is -2.30. The second kappa shape index (κ2) is 11.0. The molecule has 1 fully saturated rings. The lowest BCUT2D eigenvalue weighted by molar-refractivity contribution is -0.141. The van der Waals surface area contributed by atoms with Crippen molar-refractivity contribution in [1.29, 1.82) is 0 Å². The molecule has 1 aliphatic carbocycles. The van der Waals surface area contributed by atoms with Crippen LogP contribution >= 0.6 is 0 Å². The van der Waals surface area contributed by atoms with E-state index in [9.17, 15) is 22.8 Å². The molecule has 0 aliphatic heterocycles. The zero-order valence-electron chi connectivity index (χ0n) is 22.5. The summed E-state index contributed by atoms with van der Waals surface area (Å²) in [4.78, 5) is 27.9. The van der Waals surface area contributed by atoms with Crippen LogP contribution in [0.4, 0.5) is 18.9 Å². The van der Waals surface area contributed by atoms with Crippen LogP contribution in [0.1, 0.15) is 81.2 Å². The van der Waals surface area contributed by atoms with Crippen molar-refractivity contribution in [2.45, 2.75) is 71.2 Å². The number of primary amides is 1. The number of nitrogens with zero attached hydrogens (tertiary/aromatic N) is 3. The molecule has 0 unspecified atom stereocenters. The first-order valence-electron chi connectivity index (χ1n) is 13.1. The predicted octanol–water partition coefficient (Wildman–Crippen LogP) is 5.83. The number of ether oxygens (including phenoxy) is 1. The Labute approximate surface area is 225 Å². The molecular weight excluding hydrogens is 511 g/mol. The summed E-state index contributed by atoms with van der Waals surface area (Å²) in [6.07, 6.45) is 1.53. The summed E-state index contributed by atoms with van der Waals surface area (Å²) in [6, 6.07) is 6.88. The van der Waals surface area contributed by atoms with Crippen LogP contribution in [0.3, 0.4) is 0 Å². The fourth-order valence-corrected chi connectivity index (χ4v) is 5.15. The molecule has 3 N–H and O–H groups in total. The molecule has 1 aliphatic rings. The number of rotatable bonds is 8. The number of aromatic nitrogens is 3. The molecule has 11 heteroatoms. The first-order valence-corrected chi connectivity index (χ1v) is 13.1. The number of hydrogen-bond donors (Lipinski definition) is 2. The number of anilines is 1. The van der Waals surface area contributed by atoms with Crippen molar-refractivity contribution in [1.82, 2.24) is 14.8 Å². The van der Waals surface area contributed by atoms with Gasteiger partial charge < -0.3 is 15.8 Å². The standard InChI is InChI=1S/C28H34F3N5O3/c1-16(2)17-8-10-19(11-9-17)36-14-18-12-23(20(13-22(18)35-36)27(3,4)39-15-25(32)37)34-26(38)21-6-5-7-24(33-21)28(29,30)31/h5-7,12-14,16-17,19H,8-11,15H2,1-4H3,(H2,32,37)(H,34,38)/t17-,19-. The molecule has 4 rings (SSSR count). The Morgan fingerprint density at radius 3 is 2.46 bits per heavy atom. The van der Waals surface area contributed by atoms with E-state index in [0.29, 0.717) is 28.6 Å². The maximum absolute atomic E-state index is 13.2. The normalized spacial score (nSPS) is 18.5. The molecule has 2 heterocycles. The Morgan fingerprint density at radius 1 is 1.15 bits per heavy atom. The maximum Gasteiger partial charge on any atom is 0.433 e. The van der Waals surface area contributed by atoms with Crippen molar-refractivity contribution in [3.8, 4) is 0 Å². The minimum absolute atomic E-state index is 0.252. The summed E-state index contributed by atoms with van der Waals surface area (Å²) in [6.45, 7) is 7.56. The highest BCUT2D eigenvalue weighted by Gasteiger charge is 2.33. The number of hydrogen-bond acceptors (Lipinski definition) is 5. The van der Waals surface area contributed by atoms with Gasteiger partial charge in [-0.05, 0) is 75.6 Å². The molecule has 1 saturated carbocycles. The maximum atomic E-state index is 13.2. The molecule has 1 aromatic carbocycles. The first-order chi connectivity index (χ1) is 18.2. The van der Waals surface area contributed by atoms with Crippen LogP contribution in [-0.4, -0.2) is 33.2 Å². The van der Waals surface area contributed by atoms with Gasteiger partial charge in [0.25, 0.3) is 5.91 Å². The van der Waals surface area contributed by atoms with Crippen LogP contribution in [0.5, 0.6) is 0 Å². The number of benzene rings is 1. The monoisotopic (exact) mass is 545 g/mol. The number of alkyl halides is 3. The van der Waals surface area contributed by atoms with Crippen molar-refractivity contribution in [2.75, 3.05) is 11.9 Å². The van der Waals surface area contributed by atoms with Crippen LogP contribution in [0.2, 0.25) is 0 Å².